The van der Waals surface area contributed by atoms with Crippen LogP contribution in [-0.4, -0.2) is 64.9 Å². The lowest BCUT2D eigenvalue weighted by molar-refractivity contribution is -0.140. The van der Waals surface area contributed by atoms with Crippen LogP contribution in [0.25, 0.3) is 0 Å². The van der Waals surface area contributed by atoms with Gasteiger partial charge in [-0.2, -0.15) is 0 Å². The van der Waals surface area contributed by atoms with Gasteiger partial charge in [0.05, 0.1) is 0 Å². The van der Waals surface area contributed by atoms with Gasteiger partial charge in [-0.3, -0.25) is 14.4 Å². The van der Waals surface area contributed by atoms with E-state index in [1.807, 2.05) is 0 Å². The summed E-state index contributed by atoms with van der Waals surface area (Å²) in [4.78, 5) is 36.7. The van der Waals surface area contributed by atoms with Crippen molar-refractivity contribution in [2.24, 2.45) is 5.73 Å². The lowest BCUT2D eigenvalue weighted by Gasteiger charge is -2.34. The van der Waals surface area contributed by atoms with E-state index in [0.29, 0.717) is 26.2 Å². The van der Waals surface area contributed by atoms with Crippen LogP contribution in [0.2, 0.25) is 0 Å². The molecule has 2 amide bonds. The molecular weight excluding hydrogens is 238 g/mol. The highest BCUT2D eigenvalue weighted by molar-refractivity contribution is 5.79. The molecule has 1 saturated heterocycles. The summed E-state index contributed by atoms with van der Waals surface area (Å²) >= 11 is 0. The molecule has 1 aliphatic rings. The Kier molecular flexibility index (Phi) is 5.08. The van der Waals surface area contributed by atoms with Gasteiger partial charge in [-0.1, -0.05) is 0 Å². The zero-order chi connectivity index (χ0) is 13.7. The fourth-order valence-corrected chi connectivity index (χ4v) is 1.83. The third-order valence-electron chi connectivity index (χ3n) is 3.06. The van der Waals surface area contributed by atoms with Crippen LogP contribution < -0.4 is 5.73 Å². The number of piperazine rings is 1. The van der Waals surface area contributed by atoms with Gasteiger partial charge in [-0.15, -0.1) is 0 Å². The number of hydrogen-bond acceptors (Lipinski definition) is 4. The molecule has 0 aromatic rings. The molecule has 102 valence electrons. The van der Waals surface area contributed by atoms with Gasteiger partial charge < -0.3 is 20.6 Å². The maximum atomic E-state index is 11.8. The van der Waals surface area contributed by atoms with Gasteiger partial charge in [0, 0.05) is 39.5 Å². The second kappa shape index (κ2) is 6.34. The summed E-state index contributed by atoms with van der Waals surface area (Å²) in [6, 6.07) is -0.993. The van der Waals surface area contributed by atoms with Crippen LogP contribution in [-0.2, 0) is 14.4 Å². The summed E-state index contributed by atoms with van der Waals surface area (Å²) in [5.41, 5.74) is 5.33. The first-order chi connectivity index (χ1) is 8.41. The molecule has 1 rings (SSSR count). The number of nitrogens with zero attached hydrogens (tertiary/aromatic N) is 2. The number of amides is 2. The van der Waals surface area contributed by atoms with Gasteiger partial charge in [0.1, 0.15) is 6.04 Å². The highest BCUT2D eigenvalue weighted by Gasteiger charge is 2.23. The minimum atomic E-state index is -1.09. The standard InChI is InChI=1S/C11H19N3O4/c1-8(15)13-4-6-14(7-5-13)10(16)3-2-9(12)11(17)18/h9H,2-7,12H2,1H3,(H,17,18)/t9-/m0/s1. The van der Waals surface area contributed by atoms with Crippen molar-refractivity contribution < 1.29 is 19.5 Å². The van der Waals surface area contributed by atoms with E-state index in [-0.39, 0.29) is 24.7 Å². The quantitative estimate of drug-likeness (QED) is 0.663. The van der Waals surface area contributed by atoms with Crippen LogP contribution in [0.4, 0.5) is 0 Å². The Balaban J connectivity index is 2.32. The Morgan fingerprint density at radius 1 is 1.17 bits per heavy atom. The Labute approximate surface area is 106 Å². The average molecular weight is 257 g/mol. The number of carboxylic acids is 1. The summed E-state index contributed by atoms with van der Waals surface area (Å²) in [5, 5.41) is 8.61. The van der Waals surface area contributed by atoms with Crippen LogP contribution in [0, 0.1) is 0 Å². The fraction of sp³-hybridized carbons (Fsp3) is 0.727. The number of aliphatic carboxylic acids is 1. The van der Waals surface area contributed by atoms with Crippen molar-refractivity contribution in [2.75, 3.05) is 26.2 Å². The smallest absolute Gasteiger partial charge is 0.320 e. The maximum absolute atomic E-state index is 11.8. The molecule has 0 saturated carbocycles. The Hall–Kier alpha value is -1.63. The van der Waals surface area contributed by atoms with E-state index in [9.17, 15) is 14.4 Å². The van der Waals surface area contributed by atoms with Crippen LogP contribution >= 0.6 is 0 Å². The van der Waals surface area contributed by atoms with Crippen molar-refractivity contribution in [2.45, 2.75) is 25.8 Å². The largest absolute Gasteiger partial charge is 0.480 e. The summed E-state index contributed by atoms with van der Waals surface area (Å²) in [6.07, 6.45) is 0.272. The lowest BCUT2D eigenvalue weighted by atomic mass is 10.1. The SMILES string of the molecule is CC(=O)N1CCN(C(=O)CC[C@H](N)C(=O)O)CC1. The summed E-state index contributed by atoms with van der Waals surface area (Å²) in [7, 11) is 0. The number of carboxylic acid groups (broad SMARTS) is 1. The monoisotopic (exact) mass is 257 g/mol. The van der Waals surface area contributed by atoms with E-state index >= 15 is 0 Å². The molecule has 0 radical (unpaired) electrons. The molecular formula is C11H19N3O4. The first kappa shape index (κ1) is 14.4. The number of carbonyl (C=O) groups is 3. The number of hydrogen-bond donors (Lipinski definition) is 2. The van der Waals surface area contributed by atoms with Crippen molar-refractivity contribution in [1.82, 2.24) is 9.80 Å². The van der Waals surface area contributed by atoms with E-state index in [1.54, 1.807) is 9.80 Å². The van der Waals surface area contributed by atoms with Gasteiger partial charge in [0.2, 0.25) is 11.8 Å². The molecule has 1 atom stereocenters. The molecule has 1 aliphatic heterocycles. The minimum absolute atomic E-state index is 0.00926. The van der Waals surface area contributed by atoms with Crippen molar-refractivity contribution in [3.05, 3.63) is 0 Å². The van der Waals surface area contributed by atoms with Gasteiger partial charge in [-0.05, 0) is 6.42 Å². The topological polar surface area (TPSA) is 104 Å². The molecule has 1 heterocycles. The van der Waals surface area contributed by atoms with E-state index in [1.165, 1.54) is 6.92 Å². The molecule has 3 N–H and O–H groups in total. The molecule has 0 bridgehead atoms. The van der Waals surface area contributed by atoms with Gasteiger partial charge in [-0.25, -0.2) is 0 Å². The van der Waals surface area contributed by atoms with Crippen LogP contribution in [0.3, 0.4) is 0 Å². The number of carbonyl (C=O) groups excluding carboxylic acids is 2. The van der Waals surface area contributed by atoms with Gasteiger partial charge in [0.15, 0.2) is 0 Å². The summed E-state index contributed by atoms with van der Waals surface area (Å²) in [5.74, 6) is -1.19. The van der Waals surface area contributed by atoms with Crippen molar-refractivity contribution in [1.29, 1.82) is 0 Å². The first-order valence-corrected chi connectivity index (χ1v) is 5.93. The predicted octanol–water partition coefficient (Wildman–Crippen LogP) is -1.13. The summed E-state index contributed by atoms with van der Waals surface area (Å²) in [6.45, 7) is 3.57. The second-order valence-electron chi connectivity index (χ2n) is 4.37. The maximum Gasteiger partial charge on any atom is 0.320 e. The highest BCUT2D eigenvalue weighted by Crippen LogP contribution is 2.06. The molecule has 0 aliphatic carbocycles. The van der Waals surface area contributed by atoms with Gasteiger partial charge >= 0.3 is 5.97 Å². The van der Waals surface area contributed by atoms with Crippen LogP contribution in [0.15, 0.2) is 0 Å². The third-order valence-corrected chi connectivity index (χ3v) is 3.06. The normalized spacial score (nSPS) is 17.4. The molecule has 18 heavy (non-hydrogen) atoms. The van der Waals surface area contributed by atoms with Crippen molar-refractivity contribution >= 4 is 17.8 Å². The van der Waals surface area contributed by atoms with Crippen LogP contribution in [0.5, 0.6) is 0 Å². The highest BCUT2D eigenvalue weighted by atomic mass is 16.4. The van der Waals surface area contributed by atoms with E-state index in [4.69, 9.17) is 10.8 Å². The zero-order valence-electron chi connectivity index (χ0n) is 10.5. The van der Waals surface area contributed by atoms with E-state index in [0.717, 1.165) is 0 Å². The lowest BCUT2D eigenvalue weighted by Crippen LogP contribution is -2.50. The molecule has 0 spiro atoms. The molecule has 1 fully saturated rings. The Bertz CT molecular complexity index is 337. The van der Waals surface area contributed by atoms with Crippen LogP contribution in [0.1, 0.15) is 19.8 Å². The second-order valence-corrected chi connectivity index (χ2v) is 4.37. The van der Waals surface area contributed by atoms with E-state index < -0.39 is 12.0 Å². The van der Waals surface area contributed by atoms with Crippen molar-refractivity contribution in [3.63, 3.8) is 0 Å². The summed E-state index contributed by atoms with van der Waals surface area (Å²) < 4.78 is 0. The third kappa shape index (κ3) is 3.99. The molecule has 7 heteroatoms. The van der Waals surface area contributed by atoms with Crippen molar-refractivity contribution in [3.8, 4) is 0 Å². The molecule has 0 unspecified atom stereocenters. The minimum Gasteiger partial charge on any atom is -0.480 e. The Morgan fingerprint density at radius 3 is 2.11 bits per heavy atom. The average Bonchev–Trinajstić information content (AvgIpc) is 2.35. The zero-order valence-corrected chi connectivity index (χ0v) is 10.5. The van der Waals surface area contributed by atoms with Gasteiger partial charge in [0.25, 0.3) is 0 Å². The number of nitrogens with two attached hydrogens (primary N) is 1. The van der Waals surface area contributed by atoms with E-state index in [2.05, 4.69) is 0 Å². The predicted molar refractivity (Wildman–Crippen MR) is 63.7 cm³/mol. The fourth-order valence-electron chi connectivity index (χ4n) is 1.83. The Morgan fingerprint density at radius 2 is 1.67 bits per heavy atom. The first-order valence-electron chi connectivity index (χ1n) is 5.93. The molecule has 7 nitrogen and oxygen atoms in total. The number of rotatable bonds is 4. The molecule has 0 aromatic heterocycles. The molecule has 0 aromatic carbocycles.